The van der Waals surface area contributed by atoms with Crippen molar-refractivity contribution in [3.63, 3.8) is 0 Å². The second-order valence-corrected chi connectivity index (χ2v) is 5.59. The van der Waals surface area contributed by atoms with Crippen molar-refractivity contribution in [2.24, 2.45) is 0 Å². The monoisotopic (exact) mass is 394 g/mol. The minimum Gasteiger partial charge on any atom is -0.318 e. The van der Waals surface area contributed by atoms with Crippen LogP contribution in [0.25, 0.3) is 0 Å². The molecule has 1 N–H and O–H groups in total. The third kappa shape index (κ3) is 4.04. The number of halogens is 1. The lowest BCUT2D eigenvalue weighted by Crippen LogP contribution is -2.39. The van der Waals surface area contributed by atoms with Gasteiger partial charge in [0.2, 0.25) is 0 Å². The quantitative estimate of drug-likeness (QED) is 0.642. The van der Waals surface area contributed by atoms with Gasteiger partial charge in [-0.05, 0) is 65.9 Å². The maximum atomic E-state index is 12.3. The summed E-state index contributed by atoms with van der Waals surface area (Å²) in [4.78, 5) is 25.8. The van der Waals surface area contributed by atoms with Crippen molar-refractivity contribution < 1.29 is 9.59 Å². The molecule has 0 fully saturated rings. The van der Waals surface area contributed by atoms with Crippen LogP contribution in [0.1, 0.15) is 6.92 Å². The molecule has 2 amide bonds. The Morgan fingerprint density at radius 1 is 1.05 bits per heavy atom. The maximum absolute atomic E-state index is 12.3. The third-order valence-electron chi connectivity index (χ3n) is 2.93. The van der Waals surface area contributed by atoms with E-state index in [0.717, 1.165) is 3.57 Å². The van der Waals surface area contributed by atoms with E-state index in [1.165, 1.54) is 4.90 Å². The molecule has 0 aromatic heterocycles. The first-order chi connectivity index (χ1) is 10.1. The highest BCUT2D eigenvalue weighted by Gasteiger charge is 2.21. The molecular weight excluding hydrogens is 379 g/mol. The van der Waals surface area contributed by atoms with Crippen LogP contribution in [-0.2, 0) is 9.59 Å². The number of hydrogen-bond donors (Lipinski definition) is 1. The second kappa shape index (κ2) is 7.21. The van der Waals surface area contributed by atoms with E-state index in [0.29, 0.717) is 17.9 Å². The van der Waals surface area contributed by atoms with Crippen molar-refractivity contribution in [3.05, 3.63) is 58.2 Å². The van der Waals surface area contributed by atoms with Crippen molar-refractivity contribution in [1.29, 1.82) is 0 Å². The molecule has 108 valence electrons. The fourth-order valence-corrected chi connectivity index (χ4v) is 2.25. The smallest absolute Gasteiger partial charge is 0.316 e. The van der Waals surface area contributed by atoms with Crippen LogP contribution >= 0.6 is 22.6 Å². The molecule has 0 aliphatic rings. The van der Waals surface area contributed by atoms with Crippen molar-refractivity contribution in [2.75, 3.05) is 16.8 Å². The zero-order chi connectivity index (χ0) is 15.2. The highest BCUT2D eigenvalue weighted by atomic mass is 127. The molecule has 0 aliphatic heterocycles. The van der Waals surface area contributed by atoms with Gasteiger partial charge in [0, 0.05) is 21.5 Å². The van der Waals surface area contributed by atoms with Gasteiger partial charge in [-0.25, -0.2) is 0 Å². The van der Waals surface area contributed by atoms with Crippen LogP contribution in [-0.4, -0.2) is 18.4 Å². The predicted octanol–water partition coefficient (Wildman–Crippen LogP) is 3.28. The largest absolute Gasteiger partial charge is 0.318 e. The Bertz CT molecular complexity index is 626. The first-order valence-corrected chi connectivity index (χ1v) is 7.63. The Kier molecular flexibility index (Phi) is 5.32. The van der Waals surface area contributed by atoms with E-state index >= 15 is 0 Å². The fourth-order valence-electron chi connectivity index (χ4n) is 1.89. The Balaban J connectivity index is 2.10. The number of rotatable bonds is 3. The topological polar surface area (TPSA) is 49.4 Å². The number of para-hydroxylation sites is 1. The highest BCUT2D eigenvalue weighted by molar-refractivity contribution is 14.1. The molecule has 0 radical (unpaired) electrons. The van der Waals surface area contributed by atoms with Crippen LogP contribution < -0.4 is 10.2 Å². The summed E-state index contributed by atoms with van der Waals surface area (Å²) in [6.45, 7) is 2.27. The van der Waals surface area contributed by atoms with Gasteiger partial charge in [0.1, 0.15) is 0 Å². The van der Waals surface area contributed by atoms with E-state index in [-0.39, 0.29) is 0 Å². The van der Waals surface area contributed by atoms with E-state index in [2.05, 4.69) is 27.9 Å². The number of carbonyl (C=O) groups excluding carboxylic acids is 2. The lowest BCUT2D eigenvalue weighted by molar-refractivity contribution is -0.134. The van der Waals surface area contributed by atoms with Crippen molar-refractivity contribution in [3.8, 4) is 0 Å². The van der Waals surface area contributed by atoms with E-state index in [4.69, 9.17) is 0 Å². The lowest BCUT2D eigenvalue weighted by Gasteiger charge is -2.20. The van der Waals surface area contributed by atoms with Gasteiger partial charge in [0.15, 0.2) is 0 Å². The van der Waals surface area contributed by atoms with Gasteiger partial charge >= 0.3 is 11.8 Å². The molecule has 2 rings (SSSR count). The van der Waals surface area contributed by atoms with Crippen molar-refractivity contribution in [1.82, 2.24) is 0 Å². The number of anilines is 2. The van der Waals surface area contributed by atoms with E-state index in [9.17, 15) is 9.59 Å². The van der Waals surface area contributed by atoms with Gasteiger partial charge in [-0.1, -0.05) is 18.2 Å². The molecule has 0 heterocycles. The van der Waals surface area contributed by atoms with Gasteiger partial charge in [0.05, 0.1) is 0 Å². The summed E-state index contributed by atoms with van der Waals surface area (Å²) in [6, 6.07) is 16.4. The molecule has 0 unspecified atom stereocenters. The molecule has 2 aromatic rings. The lowest BCUT2D eigenvalue weighted by atomic mass is 10.2. The Hall–Kier alpha value is -1.89. The normalized spacial score (nSPS) is 10.0. The second-order valence-electron chi connectivity index (χ2n) is 4.35. The number of likely N-dealkylation sites (N-methyl/N-ethyl adjacent to an activating group) is 1. The molecule has 2 aromatic carbocycles. The molecule has 0 bridgehead atoms. The number of nitrogens with zero attached hydrogens (tertiary/aromatic N) is 1. The minimum atomic E-state index is -0.637. The van der Waals surface area contributed by atoms with Gasteiger partial charge in [-0.2, -0.15) is 0 Å². The number of benzene rings is 2. The van der Waals surface area contributed by atoms with Crippen LogP contribution in [0.4, 0.5) is 11.4 Å². The summed E-state index contributed by atoms with van der Waals surface area (Å²) in [6.07, 6.45) is 0. The summed E-state index contributed by atoms with van der Waals surface area (Å²) in [7, 11) is 0. The first kappa shape index (κ1) is 15.5. The molecule has 0 spiro atoms. The first-order valence-electron chi connectivity index (χ1n) is 6.55. The highest BCUT2D eigenvalue weighted by Crippen LogP contribution is 2.15. The molecule has 0 saturated heterocycles. The predicted molar refractivity (Wildman–Crippen MR) is 92.3 cm³/mol. The SMILES string of the molecule is CCN(C(=O)C(=O)Nc1ccc(I)cc1)c1ccccc1. The minimum absolute atomic E-state index is 0.433. The summed E-state index contributed by atoms with van der Waals surface area (Å²) < 4.78 is 1.07. The third-order valence-corrected chi connectivity index (χ3v) is 3.64. The molecule has 0 saturated carbocycles. The average Bonchev–Trinajstić information content (AvgIpc) is 2.51. The molecule has 5 heteroatoms. The van der Waals surface area contributed by atoms with Crippen LogP contribution in [0, 0.1) is 3.57 Å². The summed E-state index contributed by atoms with van der Waals surface area (Å²) >= 11 is 2.18. The van der Waals surface area contributed by atoms with Crippen molar-refractivity contribution >= 4 is 45.8 Å². The molecule has 0 aliphatic carbocycles. The Morgan fingerprint density at radius 2 is 1.67 bits per heavy atom. The van der Waals surface area contributed by atoms with Gasteiger partial charge in [0.25, 0.3) is 0 Å². The number of amides is 2. The fraction of sp³-hybridized carbons (Fsp3) is 0.125. The van der Waals surface area contributed by atoms with Crippen molar-refractivity contribution in [2.45, 2.75) is 6.92 Å². The standard InChI is InChI=1S/C16H15IN2O2/c1-2-19(14-6-4-3-5-7-14)16(21)15(20)18-13-10-8-12(17)9-11-13/h3-11H,2H2,1H3,(H,18,20). The zero-order valence-electron chi connectivity index (χ0n) is 11.5. The van der Waals surface area contributed by atoms with Crippen LogP contribution in [0.3, 0.4) is 0 Å². The summed E-state index contributed by atoms with van der Waals surface area (Å²) in [5.74, 6) is -1.20. The van der Waals surface area contributed by atoms with E-state index in [1.54, 1.807) is 24.3 Å². The van der Waals surface area contributed by atoms with E-state index in [1.807, 2.05) is 37.3 Å². The number of nitrogens with one attached hydrogen (secondary N) is 1. The summed E-state index contributed by atoms with van der Waals surface area (Å²) in [5.41, 5.74) is 1.32. The zero-order valence-corrected chi connectivity index (χ0v) is 13.7. The summed E-state index contributed by atoms with van der Waals surface area (Å²) in [5, 5.41) is 2.62. The molecule has 21 heavy (non-hydrogen) atoms. The number of carbonyl (C=O) groups is 2. The molecule has 4 nitrogen and oxygen atoms in total. The average molecular weight is 394 g/mol. The molecular formula is C16H15IN2O2. The Morgan fingerprint density at radius 3 is 2.24 bits per heavy atom. The molecule has 0 atom stereocenters. The van der Waals surface area contributed by atoms with Gasteiger partial charge in [-0.15, -0.1) is 0 Å². The van der Waals surface area contributed by atoms with Gasteiger partial charge < -0.3 is 10.2 Å². The maximum Gasteiger partial charge on any atom is 0.316 e. The number of hydrogen-bond acceptors (Lipinski definition) is 2. The van der Waals surface area contributed by atoms with E-state index < -0.39 is 11.8 Å². The van der Waals surface area contributed by atoms with Crippen LogP contribution in [0.2, 0.25) is 0 Å². The van der Waals surface area contributed by atoms with Crippen LogP contribution in [0.15, 0.2) is 54.6 Å². The van der Waals surface area contributed by atoms with Crippen LogP contribution in [0.5, 0.6) is 0 Å². The van der Waals surface area contributed by atoms with Gasteiger partial charge in [-0.3, -0.25) is 9.59 Å². The Labute approximate surface area is 137 Å².